The smallest absolute Gasteiger partial charge is 0.310 e. The fraction of sp³-hybridized carbons (Fsp3) is 0.750. The van der Waals surface area contributed by atoms with Crippen LogP contribution in [0.25, 0.3) is 0 Å². The Balaban J connectivity index is 2.11. The molecule has 0 spiro atoms. The highest BCUT2D eigenvalue weighted by molar-refractivity contribution is 6.06. The van der Waals surface area contributed by atoms with Crippen LogP contribution in [0.2, 0.25) is 0 Å². The molecule has 5 atom stereocenters. The van der Waals surface area contributed by atoms with Gasteiger partial charge in [0.25, 0.3) is 0 Å². The van der Waals surface area contributed by atoms with E-state index in [1.54, 1.807) is 6.92 Å². The number of carbonyl (C=O) groups is 3. The molecule has 2 fully saturated rings. The molecule has 0 saturated heterocycles. The highest BCUT2D eigenvalue weighted by Gasteiger charge is 2.65. The summed E-state index contributed by atoms with van der Waals surface area (Å²) < 4.78 is 0. The van der Waals surface area contributed by atoms with E-state index in [0.717, 1.165) is 12.8 Å². The third-order valence-electron chi connectivity index (χ3n) is 7.25. The van der Waals surface area contributed by atoms with Crippen LogP contribution >= 0.6 is 0 Å². The summed E-state index contributed by atoms with van der Waals surface area (Å²) >= 11 is 0. The van der Waals surface area contributed by atoms with Crippen molar-refractivity contribution in [2.45, 2.75) is 59.8 Å². The zero-order valence-corrected chi connectivity index (χ0v) is 15.1. The van der Waals surface area contributed by atoms with Crippen molar-refractivity contribution in [2.75, 3.05) is 0 Å². The van der Waals surface area contributed by atoms with E-state index in [9.17, 15) is 19.5 Å². The van der Waals surface area contributed by atoms with Gasteiger partial charge < -0.3 is 5.11 Å². The van der Waals surface area contributed by atoms with E-state index in [0.29, 0.717) is 24.8 Å². The second-order valence-corrected chi connectivity index (χ2v) is 8.84. The van der Waals surface area contributed by atoms with Gasteiger partial charge in [0.1, 0.15) is 0 Å². The highest BCUT2D eigenvalue weighted by atomic mass is 16.4. The molecule has 5 unspecified atom stereocenters. The molecule has 0 radical (unpaired) electrons. The first-order chi connectivity index (χ1) is 11.1. The van der Waals surface area contributed by atoms with Gasteiger partial charge in [-0.2, -0.15) is 0 Å². The van der Waals surface area contributed by atoms with Gasteiger partial charge in [-0.15, -0.1) is 0 Å². The van der Waals surface area contributed by atoms with Crippen LogP contribution in [0.1, 0.15) is 59.8 Å². The van der Waals surface area contributed by atoms with Crippen LogP contribution < -0.4 is 0 Å². The molecule has 3 aliphatic rings. The Kier molecular flexibility index (Phi) is 4.01. The molecule has 0 amide bonds. The summed E-state index contributed by atoms with van der Waals surface area (Å²) in [6.45, 7) is 7.91. The molecule has 0 bridgehead atoms. The van der Waals surface area contributed by atoms with Crippen molar-refractivity contribution in [1.29, 1.82) is 0 Å². The quantitative estimate of drug-likeness (QED) is 0.838. The Labute approximate surface area is 143 Å². The number of fused-ring (bicyclic) bond motifs is 3. The first kappa shape index (κ1) is 17.4. The monoisotopic (exact) mass is 332 g/mol. The number of carbonyl (C=O) groups excluding carboxylic acids is 2. The molecule has 4 nitrogen and oxygen atoms in total. The van der Waals surface area contributed by atoms with Crippen molar-refractivity contribution in [3.8, 4) is 0 Å². The van der Waals surface area contributed by atoms with Crippen molar-refractivity contribution in [2.24, 2.45) is 34.5 Å². The molecule has 3 aliphatic carbocycles. The minimum absolute atomic E-state index is 0.0272. The summed E-state index contributed by atoms with van der Waals surface area (Å²) in [6, 6.07) is 0. The SMILES string of the molecule is CC1=CC(=O)C2C3CCC(C(C)C)C3(C(=O)O)CCC2(C)CC1=O. The van der Waals surface area contributed by atoms with E-state index in [1.807, 2.05) is 6.92 Å². The largest absolute Gasteiger partial charge is 0.481 e. The lowest BCUT2D eigenvalue weighted by molar-refractivity contribution is -0.168. The maximum atomic E-state index is 13.0. The number of carboxylic acids is 1. The van der Waals surface area contributed by atoms with Gasteiger partial charge in [0.15, 0.2) is 11.6 Å². The molecule has 1 N–H and O–H groups in total. The first-order valence-electron chi connectivity index (χ1n) is 9.12. The van der Waals surface area contributed by atoms with Gasteiger partial charge in [0, 0.05) is 12.3 Å². The summed E-state index contributed by atoms with van der Waals surface area (Å²) in [5, 5.41) is 10.2. The molecule has 0 aromatic carbocycles. The predicted molar refractivity (Wildman–Crippen MR) is 90.3 cm³/mol. The predicted octanol–water partition coefficient (Wildman–Crippen LogP) is 3.64. The highest BCUT2D eigenvalue weighted by Crippen LogP contribution is 2.65. The van der Waals surface area contributed by atoms with E-state index in [2.05, 4.69) is 13.8 Å². The molecule has 3 rings (SSSR count). The van der Waals surface area contributed by atoms with Crippen LogP contribution in [0.15, 0.2) is 11.6 Å². The Hall–Kier alpha value is -1.45. The van der Waals surface area contributed by atoms with Gasteiger partial charge >= 0.3 is 5.97 Å². The van der Waals surface area contributed by atoms with Gasteiger partial charge in [0.05, 0.1) is 5.41 Å². The fourth-order valence-electron chi connectivity index (χ4n) is 6.10. The van der Waals surface area contributed by atoms with Crippen molar-refractivity contribution in [1.82, 2.24) is 0 Å². The molecule has 132 valence electrons. The standard InChI is InChI=1S/C20H28O4/c1-11(2)13-5-6-14-17-15(21)9-12(3)16(22)10-19(17,4)7-8-20(13,14)18(23)24/h9,11,13-14,17H,5-8,10H2,1-4H3,(H,23,24). The molecular formula is C20H28O4. The second-order valence-electron chi connectivity index (χ2n) is 8.84. The second kappa shape index (κ2) is 5.53. The first-order valence-corrected chi connectivity index (χ1v) is 9.12. The van der Waals surface area contributed by atoms with E-state index >= 15 is 0 Å². The number of ketones is 2. The van der Waals surface area contributed by atoms with Gasteiger partial charge in [-0.05, 0) is 67.4 Å². The number of carboxylic acid groups (broad SMARTS) is 1. The van der Waals surface area contributed by atoms with Crippen LogP contribution in [0, 0.1) is 34.5 Å². The lowest BCUT2D eigenvalue weighted by atomic mass is 9.50. The third-order valence-corrected chi connectivity index (χ3v) is 7.25. The maximum Gasteiger partial charge on any atom is 0.310 e. The van der Waals surface area contributed by atoms with Crippen LogP contribution in [-0.2, 0) is 14.4 Å². The molecular weight excluding hydrogens is 304 g/mol. The Morgan fingerprint density at radius 1 is 1.25 bits per heavy atom. The number of Topliss-reactive ketones (excluding diaryl/α,β-unsaturated/α-hetero) is 1. The Bertz CT molecular complexity index is 632. The number of hydrogen-bond donors (Lipinski definition) is 1. The van der Waals surface area contributed by atoms with Crippen molar-refractivity contribution in [3.63, 3.8) is 0 Å². The molecule has 0 aromatic heterocycles. The number of aliphatic carboxylic acids is 1. The molecule has 0 heterocycles. The maximum absolute atomic E-state index is 13.0. The summed E-state index contributed by atoms with van der Waals surface area (Å²) in [6.07, 6.45) is 4.72. The van der Waals surface area contributed by atoms with Crippen LogP contribution in [0.5, 0.6) is 0 Å². The zero-order chi connectivity index (χ0) is 17.9. The molecule has 24 heavy (non-hydrogen) atoms. The number of allylic oxidation sites excluding steroid dienone is 2. The summed E-state index contributed by atoms with van der Waals surface area (Å²) in [5.41, 5.74) is -0.684. The van der Waals surface area contributed by atoms with E-state index < -0.39 is 16.8 Å². The molecule has 0 aromatic rings. The van der Waals surface area contributed by atoms with Gasteiger partial charge in [-0.3, -0.25) is 14.4 Å². The fourth-order valence-corrected chi connectivity index (χ4v) is 6.10. The summed E-state index contributed by atoms with van der Waals surface area (Å²) in [7, 11) is 0. The lowest BCUT2D eigenvalue weighted by Crippen LogP contribution is -2.54. The van der Waals surface area contributed by atoms with Gasteiger partial charge in [0.2, 0.25) is 0 Å². The third kappa shape index (κ3) is 2.21. The van der Waals surface area contributed by atoms with Crippen LogP contribution in [-0.4, -0.2) is 22.6 Å². The number of hydrogen-bond acceptors (Lipinski definition) is 3. The molecule has 4 heteroatoms. The average molecular weight is 332 g/mol. The van der Waals surface area contributed by atoms with E-state index in [4.69, 9.17) is 0 Å². The van der Waals surface area contributed by atoms with Crippen LogP contribution in [0.3, 0.4) is 0 Å². The van der Waals surface area contributed by atoms with Crippen molar-refractivity contribution >= 4 is 17.5 Å². The van der Waals surface area contributed by atoms with E-state index in [1.165, 1.54) is 6.08 Å². The molecule has 2 saturated carbocycles. The van der Waals surface area contributed by atoms with Crippen molar-refractivity contribution < 1.29 is 19.5 Å². The summed E-state index contributed by atoms with van der Waals surface area (Å²) in [5.74, 6) is -0.822. The Morgan fingerprint density at radius 2 is 1.92 bits per heavy atom. The van der Waals surface area contributed by atoms with Crippen LogP contribution in [0.4, 0.5) is 0 Å². The Morgan fingerprint density at radius 3 is 2.50 bits per heavy atom. The molecule has 0 aliphatic heterocycles. The minimum Gasteiger partial charge on any atom is -0.481 e. The number of rotatable bonds is 2. The van der Waals surface area contributed by atoms with Gasteiger partial charge in [-0.25, -0.2) is 0 Å². The van der Waals surface area contributed by atoms with E-state index in [-0.39, 0.29) is 35.2 Å². The normalized spacial score (nSPS) is 42.4. The average Bonchev–Trinajstić information content (AvgIpc) is 2.83. The summed E-state index contributed by atoms with van der Waals surface area (Å²) in [4.78, 5) is 37.7. The topological polar surface area (TPSA) is 71.4 Å². The zero-order valence-electron chi connectivity index (χ0n) is 15.1. The van der Waals surface area contributed by atoms with Crippen molar-refractivity contribution in [3.05, 3.63) is 11.6 Å². The van der Waals surface area contributed by atoms with Gasteiger partial charge in [-0.1, -0.05) is 20.8 Å². The minimum atomic E-state index is -0.802. The lowest BCUT2D eigenvalue weighted by Gasteiger charge is -2.52.